The molecule has 5 nitrogen and oxygen atoms in total. The van der Waals surface area contributed by atoms with Crippen LogP contribution in [0, 0.1) is 0 Å². The van der Waals surface area contributed by atoms with Gasteiger partial charge in [-0.3, -0.25) is 4.90 Å². The van der Waals surface area contributed by atoms with Crippen LogP contribution < -0.4 is 9.64 Å². The molecule has 0 aromatic heterocycles. The van der Waals surface area contributed by atoms with Gasteiger partial charge >= 0.3 is 6.09 Å². The summed E-state index contributed by atoms with van der Waals surface area (Å²) in [5.41, 5.74) is 0.756. The minimum atomic E-state index is -0.367. The van der Waals surface area contributed by atoms with E-state index in [2.05, 4.69) is 0 Å². The van der Waals surface area contributed by atoms with Gasteiger partial charge in [-0.2, -0.15) is 0 Å². The molecule has 0 aliphatic carbocycles. The van der Waals surface area contributed by atoms with Gasteiger partial charge in [-0.15, -0.1) is 0 Å². The molecular formula is C12H15NO4. The third-order valence-corrected chi connectivity index (χ3v) is 2.77. The van der Waals surface area contributed by atoms with Crippen LogP contribution in [0.4, 0.5) is 10.5 Å². The molecule has 0 radical (unpaired) electrons. The van der Waals surface area contributed by atoms with Crippen molar-refractivity contribution >= 4 is 11.8 Å². The number of carbonyl (C=O) groups is 1. The predicted octanol–water partition coefficient (Wildman–Crippen LogP) is 1.40. The number of aliphatic hydroxyl groups excluding tert-OH is 1. The van der Waals surface area contributed by atoms with Gasteiger partial charge in [-0.25, -0.2) is 4.79 Å². The minimum absolute atomic E-state index is 0.0357. The van der Waals surface area contributed by atoms with Gasteiger partial charge in [-0.05, 0) is 30.7 Å². The number of hydrogen-bond donors (Lipinski definition) is 1. The van der Waals surface area contributed by atoms with Crippen LogP contribution in [-0.4, -0.2) is 37.6 Å². The zero-order valence-electron chi connectivity index (χ0n) is 9.63. The standard InChI is InChI=1S/C12H15NO4/c1-16-11-4-2-9(3-5-11)13-10(6-7-14)8-17-12(13)15/h2-5,10,14H,6-8H2,1H3. The second-order valence-corrected chi connectivity index (χ2v) is 3.81. The van der Waals surface area contributed by atoms with Gasteiger partial charge in [-0.1, -0.05) is 0 Å². The predicted molar refractivity (Wildman–Crippen MR) is 62.3 cm³/mol. The lowest BCUT2D eigenvalue weighted by Gasteiger charge is -2.20. The van der Waals surface area contributed by atoms with Gasteiger partial charge in [0.25, 0.3) is 0 Å². The molecule has 1 aliphatic heterocycles. The van der Waals surface area contributed by atoms with E-state index in [9.17, 15) is 4.79 Å². The SMILES string of the molecule is COc1ccc(N2C(=O)OCC2CCO)cc1. The van der Waals surface area contributed by atoms with Crippen LogP contribution in [-0.2, 0) is 4.74 Å². The number of amides is 1. The first-order chi connectivity index (χ1) is 8.26. The number of hydrogen-bond acceptors (Lipinski definition) is 4. The molecule has 0 bridgehead atoms. The van der Waals surface area contributed by atoms with Crippen molar-refractivity contribution in [1.29, 1.82) is 0 Å². The minimum Gasteiger partial charge on any atom is -0.497 e. The van der Waals surface area contributed by atoms with E-state index in [4.69, 9.17) is 14.6 Å². The molecule has 2 rings (SSSR count). The highest BCUT2D eigenvalue weighted by Gasteiger charge is 2.33. The highest BCUT2D eigenvalue weighted by Crippen LogP contribution is 2.26. The molecule has 0 saturated carbocycles. The second kappa shape index (κ2) is 5.05. The number of anilines is 1. The van der Waals surface area contributed by atoms with Crippen LogP contribution in [0.15, 0.2) is 24.3 Å². The van der Waals surface area contributed by atoms with Crippen LogP contribution in [0.25, 0.3) is 0 Å². The third kappa shape index (κ3) is 2.34. The van der Waals surface area contributed by atoms with Gasteiger partial charge < -0.3 is 14.6 Å². The Balaban J connectivity index is 2.20. The molecule has 1 fully saturated rings. The van der Waals surface area contributed by atoms with Crippen molar-refractivity contribution < 1.29 is 19.4 Å². The molecule has 92 valence electrons. The van der Waals surface area contributed by atoms with E-state index < -0.39 is 0 Å². The molecule has 1 N–H and O–H groups in total. The maximum atomic E-state index is 11.6. The molecular weight excluding hydrogens is 222 g/mol. The maximum Gasteiger partial charge on any atom is 0.414 e. The third-order valence-electron chi connectivity index (χ3n) is 2.77. The fourth-order valence-corrected chi connectivity index (χ4v) is 1.88. The Labute approximate surface area is 99.6 Å². The number of carbonyl (C=O) groups excluding carboxylic acids is 1. The van der Waals surface area contributed by atoms with Crippen molar-refractivity contribution in [2.45, 2.75) is 12.5 Å². The average Bonchev–Trinajstić information content (AvgIpc) is 2.71. The molecule has 17 heavy (non-hydrogen) atoms. The van der Waals surface area contributed by atoms with Crippen LogP contribution in [0.3, 0.4) is 0 Å². The molecule has 1 heterocycles. The molecule has 1 aromatic carbocycles. The first-order valence-electron chi connectivity index (χ1n) is 5.47. The maximum absolute atomic E-state index is 11.6. The molecule has 1 amide bonds. The van der Waals surface area contributed by atoms with E-state index in [0.29, 0.717) is 13.0 Å². The Kier molecular flexibility index (Phi) is 3.49. The van der Waals surface area contributed by atoms with Gasteiger partial charge in [0, 0.05) is 12.3 Å². The van der Waals surface area contributed by atoms with E-state index >= 15 is 0 Å². The summed E-state index contributed by atoms with van der Waals surface area (Å²) in [5.74, 6) is 0.736. The Bertz CT molecular complexity index is 390. The Morgan fingerprint density at radius 1 is 1.47 bits per heavy atom. The zero-order chi connectivity index (χ0) is 12.3. The van der Waals surface area contributed by atoms with Crippen molar-refractivity contribution in [1.82, 2.24) is 0 Å². The number of ether oxygens (including phenoxy) is 2. The van der Waals surface area contributed by atoms with Gasteiger partial charge in [0.2, 0.25) is 0 Å². The summed E-state index contributed by atoms with van der Waals surface area (Å²) < 4.78 is 10.0. The van der Waals surface area contributed by atoms with Crippen molar-refractivity contribution in [3.8, 4) is 5.75 Å². The summed E-state index contributed by atoms with van der Waals surface area (Å²) in [7, 11) is 1.59. The molecule has 1 aliphatic rings. The summed E-state index contributed by atoms with van der Waals surface area (Å²) in [6.45, 7) is 0.360. The Morgan fingerprint density at radius 3 is 2.76 bits per heavy atom. The van der Waals surface area contributed by atoms with Crippen molar-refractivity contribution in [2.24, 2.45) is 0 Å². The normalized spacial score (nSPS) is 19.3. The molecule has 1 atom stereocenters. The highest BCUT2D eigenvalue weighted by atomic mass is 16.6. The molecule has 1 aromatic rings. The number of cyclic esters (lactones) is 1. The highest BCUT2D eigenvalue weighted by molar-refractivity contribution is 5.90. The number of benzene rings is 1. The van der Waals surface area contributed by atoms with Gasteiger partial charge in [0.05, 0.1) is 13.2 Å². The fourth-order valence-electron chi connectivity index (χ4n) is 1.88. The summed E-state index contributed by atoms with van der Waals surface area (Å²) in [4.78, 5) is 13.2. The molecule has 0 spiro atoms. The average molecular weight is 237 g/mol. The lowest BCUT2D eigenvalue weighted by molar-refractivity contribution is 0.176. The lowest BCUT2D eigenvalue weighted by Crippen LogP contribution is -2.34. The van der Waals surface area contributed by atoms with Crippen LogP contribution in [0.5, 0.6) is 5.75 Å². The first-order valence-corrected chi connectivity index (χ1v) is 5.47. The van der Waals surface area contributed by atoms with E-state index in [-0.39, 0.29) is 18.7 Å². The molecule has 5 heteroatoms. The number of aliphatic hydroxyl groups is 1. The summed E-state index contributed by atoms with van der Waals surface area (Å²) >= 11 is 0. The van der Waals surface area contributed by atoms with Crippen LogP contribution >= 0.6 is 0 Å². The van der Waals surface area contributed by atoms with E-state index in [1.54, 1.807) is 36.3 Å². The van der Waals surface area contributed by atoms with Gasteiger partial charge in [0.1, 0.15) is 12.4 Å². The van der Waals surface area contributed by atoms with Crippen LogP contribution in [0.1, 0.15) is 6.42 Å². The Hall–Kier alpha value is -1.75. The van der Waals surface area contributed by atoms with E-state index in [1.165, 1.54) is 0 Å². The van der Waals surface area contributed by atoms with Crippen molar-refractivity contribution in [3.63, 3.8) is 0 Å². The molecule has 1 saturated heterocycles. The van der Waals surface area contributed by atoms with E-state index in [1.807, 2.05) is 0 Å². The lowest BCUT2D eigenvalue weighted by atomic mass is 10.2. The summed E-state index contributed by atoms with van der Waals surface area (Å²) in [5, 5.41) is 8.95. The summed E-state index contributed by atoms with van der Waals surface area (Å²) in [6.07, 6.45) is 0.145. The monoisotopic (exact) mass is 237 g/mol. The second-order valence-electron chi connectivity index (χ2n) is 3.81. The summed E-state index contributed by atoms with van der Waals surface area (Å²) in [6, 6.07) is 7.08. The largest absolute Gasteiger partial charge is 0.497 e. The van der Waals surface area contributed by atoms with E-state index in [0.717, 1.165) is 11.4 Å². The fraction of sp³-hybridized carbons (Fsp3) is 0.417. The Morgan fingerprint density at radius 2 is 2.18 bits per heavy atom. The number of nitrogens with zero attached hydrogens (tertiary/aromatic N) is 1. The number of methoxy groups -OCH3 is 1. The topological polar surface area (TPSA) is 59.0 Å². The molecule has 1 unspecified atom stereocenters. The van der Waals surface area contributed by atoms with Crippen molar-refractivity contribution in [3.05, 3.63) is 24.3 Å². The smallest absolute Gasteiger partial charge is 0.414 e. The first kappa shape index (κ1) is 11.7. The number of rotatable bonds is 4. The van der Waals surface area contributed by atoms with Crippen molar-refractivity contribution in [2.75, 3.05) is 25.2 Å². The zero-order valence-corrected chi connectivity index (χ0v) is 9.63. The van der Waals surface area contributed by atoms with Crippen LogP contribution in [0.2, 0.25) is 0 Å². The van der Waals surface area contributed by atoms with Gasteiger partial charge in [0.15, 0.2) is 0 Å². The quantitative estimate of drug-likeness (QED) is 0.860.